The van der Waals surface area contributed by atoms with Gasteiger partial charge in [-0.05, 0) is 56.3 Å². The van der Waals surface area contributed by atoms with Crippen LogP contribution >= 0.6 is 0 Å². The third-order valence-corrected chi connectivity index (χ3v) is 4.99. The van der Waals surface area contributed by atoms with E-state index in [0.29, 0.717) is 31.9 Å². The van der Waals surface area contributed by atoms with Crippen LogP contribution in [-0.2, 0) is 0 Å². The van der Waals surface area contributed by atoms with E-state index in [0.717, 1.165) is 22.3 Å². The molecule has 0 bridgehead atoms. The lowest BCUT2D eigenvalue weighted by molar-refractivity contribution is -0.782. The second kappa shape index (κ2) is 8.19. The van der Waals surface area contributed by atoms with Crippen LogP contribution in [0.25, 0.3) is 44.3 Å². The van der Waals surface area contributed by atoms with Crippen molar-refractivity contribution in [1.82, 2.24) is 10.3 Å². The summed E-state index contributed by atoms with van der Waals surface area (Å²) in [4.78, 5) is 0.825. The van der Waals surface area contributed by atoms with Crippen LogP contribution in [0.1, 0.15) is 0 Å². The second-order valence-corrected chi connectivity index (χ2v) is 7.00. The Hall–Kier alpha value is -4.72. The molecule has 0 atom stereocenters. The van der Waals surface area contributed by atoms with Crippen molar-refractivity contribution in [3.05, 3.63) is 107 Å². The maximum atomic E-state index is 11.2. The number of benzene rings is 4. The van der Waals surface area contributed by atoms with Crippen LogP contribution in [0.3, 0.4) is 0 Å². The molecule has 2 aromatic heterocycles. The Morgan fingerprint density at radius 2 is 1.03 bits per heavy atom. The molecular weight excluding hydrogens is 408 g/mol. The van der Waals surface area contributed by atoms with Gasteiger partial charge in [-0.25, -0.2) is 0 Å². The molecule has 2 heterocycles. The Labute approximate surface area is 181 Å². The topological polar surface area (TPSA) is 106 Å². The summed E-state index contributed by atoms with van der Waals surface area (Å²) < 4.78 is 9.03. The zero-order valence-corrected chi connectivity index (χ0v) is 16.7. The molecule has 0 saturated carbocycles. The molecule has 0 saturated heterocycles. The number of hydrogen-bond acceptors (Lipinski definition) is 6. The van der Waals surface area contributed by atoms with Gasteiger partial charge in [0, 0.05) is 22.4 Å². The third-order valence-electron chi connectivity index (χ3n) is 4.99. The van der Waals surface area contributed by atoms with E-state index >= 15 is 0 Å². The van der Waals surface area contributed by atoms with Crippen molar-refractivity contribution in [3.8, 4) is 22.3 Å². The van der Waals surface area contributed by atoms with Gasteiger partial charge in [-0.15, -0.1) is 0 Å². The lowest BCUT2D eigenvalue weighted by Gasteiger charge is -1.99. The van der Waals surface area contributed by atoms with E-state index in [4.69, 9.17) is 0 Å². The Bertz CT molecular complexity index is 1490. The smallest absolute Gasteiger partial charge is 0.249 e. The molecule has 0 fully saturated rings. The Morgan fingerprint density at radius 1 is 0.500 bits per heavy atom. The van der Waals surface area contributed by atoms with Crippen LogP contribution in [0.4, 0.5) is 0 Å². The van der Waals surface area contributed by atoms with E-state index < -0.39 is 0 Å². The fourth-order valence-electron chi connectivity index (χ4n) is 3.37. The third kappa shape index (κ3) is 3.72. The number of hydrogen-bond donors (Lipinski definition) is 0. The van der Waals surface area contributed by atoms with E-state index in [1.165, 1.54) is 0 Å². The van der Waals surface area contributed by atoms with Crippen molar-refractivity contribution in [2.45, 2.75) is 0 Å². The minimum absolute atomic E-state index is 0.407. The largest absolute Gasteiger partial charge is 0.359 e. The fraction of sp³-hybridized carbons (Fsp3) is 0. The van der Waals surface area contributed by atoms with Crippen molar-refractivity contribution >= 4 is 22.1 Å². The van der Waals surface area contributed by atoms with Gasteiger partial charge in [-0.2, -0.15) is 0 Å². The SMILES string of the molecule is [O-][n+]1onc2cc(-c3ccccc3)ccc21.[O-][n+]1onc2ccc(-c3ccccc3)cc21. The molecule has 6 rings (SSSR count). The van der Waals surface area contributed by atoms with Crippen molar-refractivity contribution in [1.29, 1.82) is 0 Å². The monoisotopic (exact) mass is 424 g/mol. The van der Waals surface area contributed by atoms with Crippen LogP contribution in [0.15, 0.2) is 106 Å². The molecule has 0 spiro atoms. The molecule has 156 valence electrons. The zero-order chi connectivity index (χ0) is 21.9. The van der Waals surface area contributed by atoms with Crippen LogP contribution in [0.2, 0.25) is 0 Å². The van der Waals surface area contributed by atoms with E-state index in [2.05, 4.69) is 19.6 Å². The normalized spacial score (nSPS) is 10.8. The number of fused-ring (bicyclic) bond motifs is 2. The average Bonchev–Trinajstić information content (AvgIpc) is 3.42. The van der Waals surface area contributed by atoms with Crippen LogP contribution < -0.4 is 9.81 Å². The summed E-state index contributed by atoms with van der Waals surface area (Å²) in [5.74, 6) is 0. The van der Waals surface area contributed by atoms with Crippen LogP contribution in [-0.4, -0.2) is 10.3 Å². The second-order valence-electron chi connectivity index (χ2n) is 7.00. The molecule has 32 heavy (non-hydrogen) atoms. The Balaban J connectivity index is 0.000000135. The zero-order valence-electron chi connectivity index (χ0n) is 16.7. The van der Waals surface area contributed by atoms with Crippen molar-refractivity contribution in [3.63, 3.8) is 0 Å². The molecule has 0 unspecified atom stereocenters. The highest BCUT2D eigenvalue weighted by molar-refractivity contribution is 5.79. The summed E-state index contributed by atoms with van der Waals surface area (Å²) in [6.07, 6.45) is 0. The molecule has 8 nitrogen and oxygen atoms in total. The summed E-state index contributed by atoms with van der Waals surface area (Å²) in [7, 11) is 0. The van der Waals surface area contributed by atoms with Crippen LogP contribution in [0.5, 0.6) is 0 Å². The maximum absolute atomic E-state index is 11.2. The molecule has 0 aliphatic carbocycles. The summed E-state index contributed by atoms with van der Waals surface area (Å²) in [5.41, 5.74) is 6.16. The number of aromatic nitrogens is 4. The van der Waals surface area contributed by atoms with Gasteiger partial charge >= 0.3 is 0 Å². The van der Waals surface area contributed by atoms with Gasteiger partial charge in [0.25, 0.3) is 0 Å². The van der Waals surface area contributed by atoms with Crippen molar-refractivity contribution in [2.24, 2.45) is 0 Å². The van der Waals surface area contributed by atoms with Gasteiger partial charge in [0.2, 0.25) is 22.1 Å². The summed E-state index contributed by atoms with van der Waals surface area (Å²) in [5, 5.41) is 29.7. The first kappa shape index (κ1) is 19.3. The van der Waals surface area contributed by atoms with Crippen LogP contribution in [0, 0.1) is 10.4 Å². The van der Waals surface area contributed by atoms with Crippen molar-refractivity contribution in [2.75, 3.05) is 0 Å². The minimum Gasteiger partial charge on any atom is -0.359 e. The minimum atomic E-state index is 0.407. The van der Waals surface area contributed by atoms with Gasteiger partial charge in [0.15, 0.2) is 0 Å². The summed E-state index contributed by atoms with van der Waals surface area (Å²) in [6, 6.07) is 30.6. The molecule has 0 amide bonds. The fourth-order valence-corrected chi connectivity index (χ4v) is 3.37. The van der Waals surface area contributed by atoms with Gasteiger partial charge < -0.3 is 10.4 Å². The van der Waals surface area contributed by atoms with Gasteiger partial charge in [0.05, 0.1) is 0 Å². The maximum Gasteiger partial charge on any atom is 0.249 e. The highest BCUT2D eigenvalue weighted by atomic mass is 16.8. The van der Waals surface area contributed by atoms with E-state index in [1.54, 1.807) is 18.2 Å². The first-order valence-electron chi connectivity index (χ1n) is 9.79. The molecule has 6 aromatic rings. The molecule has 0 N–H and O–H groups in total. The first-order valence-corrected chi connectivity index (χ1v) is 9.79. The van der Waals surface area contributed by atoms with E-state index in [-0.39, 0.29) is 0 Å². The quantitative estimate of drug-likeness (QED) is 0.385. The Kier molecular flexibility index (Phi) is 4.93. The summed E-state index contributed by atoms with van der Waals surface area (Å²) >= 11 is 0. The molecule has 8 heteroatoms. The molecule has 0 aliphatic heterocycles. The van der Waals surface area contributed by atoms with Crippen molar-refractivity contribution < 1.29 is 19.1 Å². The molecule has 4 aromatic carbocycles. The Morgan fingerprint density at radius 3 is 1.69 bits per heavy atom. The lowest BCUT2D eigenvalue weighted by atomic mass is 10.1. The van der Waals surface area contributed by atoms with Gasteiger partial charge in [-0.1, -0.05) is 60.7 Å². The lowest BCUT2D eigenvalue weighted by Crippen LogP contribution is -2.22. The van der Waals surface area contributed by atoms with Gasteiger partial charge in [0.1, 0.15) is 0 Å². The predicted molar refractivity (Wildman–Crippen MR) is 117 cm³/mol. The average molecular weight is 424 g/mol. The molecular formula is C24H16N4O4. The first-order chi connectivity index (χ1) is 15.7. The number of nitrogens with zero attached hydrogens (tertiary/aromatic N) is 4. The predicted octanol–water partition coefficient (Wildman–Crippen LogP) is 4.26. The van der Waals surface area contributed by atoms with E-state index in [1.807, 2.05) is 78.9 Å². The highest BCUT2D eigenvalue weighted by Crippen LogP contribution is 2.22. The summed E-state index contributed by atoms with van der Waals surface area (Å²) in [6.45, 7) is 0. The van der Waals surface area contributed by atoms with E-state index in [9.17, 15) is 10.4 Å². The highest BCUT2D eigenvalue weighted by Gasteiger charge is 2.11. The standard InChI is InChI=1S/2C12H8N2O2/c15-14-12-7-6-10(8-11(12)13-16-14)9-4-2-1-3-5-9;15-14-12-8-10(6-7-11(12)13-16-14)9-4-2-1-3-5-9/h2*1-8H. The number of rotatable bonds is 2. The van der Waals surface area contributed by atoms with Gasteiger partial charge in [-0.3, -0.25) is 9.26 Å². The molecule has 0 aliphatic rings. The molecule has 0 radical (unpaired) electrons.